The zero-order valence-electron chi connectivity index (χ0n) is 9.34. The van der Waals surface area contributed by atoms with Crippen molar-refractivity contribution in [3.05, 3.63) is 29.6 Å². The summed E-state index contributed by atoms with van der Waals surface area (Å²) < 4.78 is 0.411. The van der Waals surface area contributed by atoms with Crippen LogP contribution in [-0.4, -0.2) is 22.2 Å². The minimum Gasteiger partial charge on any atom is -0.374 e. The van der Waals surface area contributed by atoms with Crippen LogP contribution in [0.4, 0.5) is 0 Å². The molecule has 8 nitrogen and oxygen atoms in total. The molecule has 0 aliphatic heterocycles. The van der Waals surface area contributed by atoms with Crippen LogP contribution in [0.15, 0.2) is 33.5 Å². The summed E-state index contributed by atoms with van der Waals surface area (Å²) in [5, 5.41) is 13.7. The van der Waals surface area contributed by atoms with Gasteiger partial charge in [-0.2, -0.15) is 4.98 Å². The van der Waals surface area contributed by atoms with Gasteiger partial charge in [-0.1, -0.05) is 5.10 Å². The number of aromatic nitrogens is 1. The van der Waals surface area contributed by atoms with Gasteiger partial charge in [-0.3, -0.25) is 0 Å². The van der Waals surface area contributed by atoms with E-state index in [2.05, 4.69) is 25.4 Å². The van der Waals surface area contributed by atoms with Gasteiger partial charge in [-0.25, -0.2) is 0 Å². The van der Waals surface area contributed by atoms with Gasteiger partial charge in [-0.15, -0.1) is 10.2 Å². The smallest absolute Gasteiger partial charge is 0.270 e. The van der Waals surface area contributed by atoms with Crippen LogP contribution in [0.1, 0.15) is 11.4 Å². The fourth-order valence-corrected chi connectivity index (χ4v) is 1.13. The first-order valence-corrected chi connectivity index (χ1v) is 5.87. The summed E-state index contributed by atoms with van der Waals surface area (Å²) in [7, 11) is 0. The molecule has 94 valence electrons. The topological polar surface area (TPSA) is 143 Å². The number of guanidine groups is 1. The van der Waals surface area contributed by atoms with Crippen molar-refractivity contribution in [2.75, 3.05) is 0 Å². The number of H-pyrrole nitrogens is 1. The highest BCUT2D eigenvalue weighted by molar-refractivity contribution is 14.1. The first kappa shape index (κ1) is 14.0. The highest BCUT2D eigenvalue weighted by Gasteiger charge is 2.03. The molecule has 0 bridgehead atoms. The van der Waals surface area contributed by atoms with Crippen molar-refractivity contribution in [1.82, 2.24) is 0 Å². The number of pyridine rings is 1. The van der Waals surface area contributed by atoms with Crippen molar-refractivity contribution in [2.45, 2.75) is 0 Å². The van der Waals surface area contributed by atoms with Crippen molar-refractivity contribution in [3.63, 3.8) is 0 Å². The van der Waals surface area contributed by atoms with Crippen LogP contribution in [0.25, 0.3) is 0 Å². The van der Waals surface area contributed by atoms with Gasteiger partial charge in [0, 0.05) is 39.8 Å². The number of hydrogen-bond acceptors (Lipinski definition) is 3. The molecule has 0 amide bonds. The lowest BCUT2D eigenvalue weighted by atomic mass is 10.3. The Morgan fingerprint density at radius 2 is 2.00 bits per heavy atom. The number of halogens is 1. The molecule has 0 aromatic carbocycles. The van der Waals surface area contributed by atoms with E-state index in [-0.39, 0.29) is 5.96 Å². The molecule has 0 unspecified atom stereocenters. The Bertz CT molecular complexity index is 468. The predicted molar refractivity (Wildman–Crippen MR) is 78.2 cm³/mol. The van der Waals surface area contributed by atoms with E-state index in [0.29, 0.717) is 3.84 Å². The molecule has 18 heavy (non-hydrogen) atoms. The van der Waals surface area contributed by atoms with Crippen molar-refractivity contribution in [3.8, 4) is 0 Å². The third-order valence-corrected chi connectivity index (χ3v) is 1.84. The lowest BCUT2D eigenvalue weighted by Gasteiger charge is -1.85. The summed E-state index contributed by atoms with van der Waals surface area (Å²) in [5.74, 6) is -0.0949. The van der Waals surface area contributed by atoms with E-state index >= 15 is 0 Å². The fraction of sp³-hybridized carbons (Fsp3) is 0. The Balaban J connectivity index is 2.80. The highest BCUT2D eigenvalue weighted by atomic mass is 127. The average Bonchev–Trinajstić information content (AvgIpc) is 2.28. The molecule has 0 aliphatic carbocycles. The van der Waals surface area contributed by atoms with Gasteiger partial charge in [0.25, 0.3) is 11.9 Å². The Labute approximate surface area is 117 Å². The molecule has 1 aromatic rings. The lowest BCUT2D eigenvalue weighted by molar-refractivity contribution is -0.463. The van der Waals surface area contributed by atoms with Gasteiger partial charge in [0.1, 0.15) is 6.21 Å². The summed E-state index contributed by atoms with van der Waals surface area (Å²) in [5.41, 5.74) is 17.2. The third kappa shape index (κ3) is 5.89. The van der Waals surface area contributed by atoms with Crippen LogP contribution in [-0.2, 0) is 0 Å². The Morgan fingerprint density at radius 1 is 1.28 bits per heavy atom. The van der Waals surface area contributed by atoms with E-state index in [1.54, 1.807) is 6.21 Å². The zero-order chi connectivity index (χ0) is 13.4. The predicted octanol–water partition coefficient (Wildman–Crippen LogP) is -2.73. The maximum atomic E-state index is 5.36. The Hall–Kier alpha value is -2.04. The molecule has 0 aliphatic rings. The quantitative estimate of drug-likeness (QED) is 0.152. The minimum atomic E-state index is -0.0949. The summed E-state index contributed by atoms with van der Waals surface area (Å²) in [6.45, 7) is 0. The number of rotatable bonds is 4. The molecule has 0 saturated carbocycles. The Kier molecular flexibility index (Phi) is 5.70. The molecule has 0 fully saturated rings. The first-order valence-electron chi connectivity index (χ1n) is 4.79. The zero-order valence-corrected chi connectivity index (χ0v) is 11.5. The molecule has 9 heteroatoms. The average molecular weight is 360 g/mol. The van der Waals surface area contributed by atoms with Gasteiger partial charge >= 0.3 is 0 Å². The van der Waals surface area contributed by atoms with E-state index in [1.807, 2.05) is 40.8 Å². The summed E-state index contributed by atoms with van der Waals surface area (Å²) in [6.07, 6.45) is 3.15. The van der Waals surface area contributed by atoms with E-state index in [9.17, 15) is 0 Å². The van der Waals surface area contributed by atoms with E-state index in [1.165, 1.54) is 6.21 Å². The van der Waals surface area contributed by atoms with Crippen molar-refractivity contribution >= 4 is 44.8 Å². The maximum absolute atomic E-state index is 5.36. The van der Waals surface area contributed by atoms with Crippen LogP contribution < -0.4 is 27.3 Å². The van der Waals surface area contributed by atoms with Gasteiger partial charge in [0.15, 0.2) is 0 Å². The summed E-state index contributed by atoms with van der Waals surface area (Å²) in [4.78, 5) is 3.06. The molecule has 1 rings (SSSR count). The standard InChI is InChI=1S/C9H11IN8/c10-8(11)17-14-4-6-2-1-3-7(16-6)5-15-18-9(12)13/h1-5H,(H2,11,17)(H4,12,13,18)/p+2/b14-4+,15-5+. The van der Waals surface area contributed by atoms with Gasteiger partial charge in [-0.05, 0) is 6.07 Å². The number of amidine groups is 1. The molecule has 1 aromatic heterocycles. The van der Waals surface area contributed by atoms with Gasteiger partial charge in [0.2, 0.25) is 15.5 Å². The van der Waals surface area contributed by atoms with Crippen LogP contribution in [0.3, 0.4) is 0 Å². The molecule has 8 N–H and O–H groups in total. The molecular weight excluding hydrogens is 347 g/mol. The fourth-order valence-electron chi connectivity index (χ4n) is 0.986. The molecule has 1 heterocycles. The van der Waals surface area contributed by atoms with Gasteiger partial charge < -0.3 is 17.2 Å². The van der Waals surface area contributed by atoms with Gasteiger partial charge in [0.05, 0.1) is 0 Å². The normalized spacial score (nSPS) is 12.2. The van der Waals surface area contributed by atoms with E-state index in [4.69, 9.17) is 17.2 Å². The van der Waals surface area contributed by atoms with Crippen LogP contribution in [0, 0.1) is 0 Å². The Morgan fingerprint density at radius 3 is 2.67 bits per heavy atom. The van der Waals surface area contributed by atoms with E-state index in [0.717, 1.165) is 11.4 Å². The minimum absolute atomic E-state index is 0.0949. The van der Waals surface area contributed by atoms with Crippen LogP contribution in [0.2, 0.25) is 0 Å². The largest absolute Gasteiger partial charge is 0.374 e. The molecule has 0 spiro atoms. The lowest BCUT2D eigenvalue weighted by Crippen LogP contribution is -2.63. The van der Waals surface area contributed by atoms with Crippen LogP contribution in [0.5, 0.6) is 0 Å². The summed E-state index contributed by atoms with van der Waals surface area (Å²) in [6, 6.07) is 5.51. The third-order valence-electron chi connectivity index (χ3n) is 1.60. The monoisotopic (exact) mass is 360 g/mol. The number of nitrogens with two attached hydrogens (primary N) is 3. The van der Waals surface area contributed by atoms with Crippen molar-refractivity contribution < 1.29 is 10.1 Å². The number of aromatic amines is 1. The summed E-state index contributed by atoms with van der Waals surface area (Å²) >= 11 is 1.89. The number of hydrazone groups is 1. The molecule has 0 radical (unpaired) electrons. The van der Waals surface area contributed by atoms with Crippen molar-refractivity contribution in [2.24, 2.45) is 32.5 Å². The second-order valence-corrected chi connectivity index (χ2v) is 4.14. The second kappa shape index (κ2) is 7.32. The molecule has 0 saturated heterocycles. The number of nitrogens with one attached hydrogen (secondary N) is 2. The first-order chi connectivity index (χ1) is 8.58. The highest BCUT2D eigenvalue weighted by Crippen LogP contribution is 1.88. The van der Waals surface area contributed by atoms with Crippen molar-refractivity contribution in [1.29, 1.82) is 0 Å². The maximum Gasteiger partial charge on any atom is 0.270 e. The van der Waals surface area contributed by atoms with E-state index < -0.39 is 0 Å². The number of hydrogen-bond donors (Lipinski definition) is 4. The second-order valence-electron chi connectivity index (χ2n) is 3.04. The SMILES string of the molecule is NC(N)=N/N=C/c1cccc(/C=[NH+]/N=C(\N)I)[nH+]1. The number of nitrogens with zero attached hydrogens (tertiary/aromatic N) is 3. The molecular formula is C9H13IN8+2. The molecule has 0 atom stereocenters. The van der Waals surface area contributed by atoms with Crippen LogP contribution >= 0.6 is 22.6 Å².